The molecule has 2 fully saturated rings. The van der Waals surface area contributed by atoms with Gasteiger partial charge in [-0.15, -0.1) is 11.2 Å². The number of hydrogen-bond acceptors (Lipinski definition) is 8. The molecule has 0 unspecified atom stereocenters. The van der Waals surface area contributed by atoms with Crippen molar-refractivity contribution in [3.8, 4) is 0 Å². The Hall–Kier alpha value is 2.72. The van der Waals surface area contributed by atoms with Crippen LogP contribution in [0.15, 0.2) is 0 Å². The van der Waals surface area contributed by atoms with Crippen LogP contribution in [0.3, 0.4) is 0 Å². The maximum absolute atomic E-state index is 10.1. The first-order valence-corrected chi connectivity index (χ1v) is 14.2. The molecule has 0 aromatic rings. The van der Waals surface area contributed by atoms with Crippen molar-refractivity contribution in [3.05, 3.63) is 13.2 Å². The summed E-state index contributed by atoms with van der Waals surface area (Å²) in [5, 5.41) is 54.3. The SMILES string of the molecule is CC(C)(C)O.CC(C)(C)O.CC(C)(C)O.CC(C)(C)O.CC(C)(C)[O-].CC(C)(C)[O-].[CH-]1CCCO1.[CH-]1CCCO1.[Fe].[Fe].[Na+].[Na+]. The molecule has 0 aromatic heterocycles. The van der Waals surface area contributed by atoms with Crippen LogP contribution in [0.1, 0.15) is 150 Å². The molecule has 0 aliphatic carbocycles. The van der Waals surface area contributed by atoms with Gasteiger partial charge in [-0.05, 0) is 83.1 Å². The van der Waals surface area contributed by atoms with Crippen LogP contribution in [-0.2, 0) is 43.6 Å². The van der Waals surface area contributed by atoms with E-state index in [1.165, 1.54) is 12.8 Å². The molecule has 4 N–H and O–H groups in total. The molecule has 2 rings (SSSR count). The molecule has 0 radical (unpaired) electrons. The van der Waals surface area contributed by atoms with Gasteiger partial charge in [0, 0.05) is 47.4 Å². The number of aliphatic hydroxyl groups is 4. The Bertz CT molecular complexity index is 341. The van der Waals surface area contributed by atoms with E-state index >= 15 is 0 Å². The molecular weight excluding hydrogens is 670 g/mol. The first kappa shape index (κ1) is 72.4. The van der Waals surface area contributed by atoms with Crippen LogP contribution in [0.2, 0.25) is 0 Å². The van der Waals surface area contributed by atoms with Crippen LogP contribution < -0.4 is 69.3 Å². The fourth-order valence-corrected chi connectivity index (χ4v) is 0.833. The molecule has 268 valence electrons. The predicted octanol–water partition coefficient (Wildman–Crippen LogP) is -0.681. The van der Waals surface area contributed by atoms with Crippen molar-refractivity contribution in [2.24, 2.45) is 0 Å². The first-order valence-electron chi connectivity index (χ1n) is 14.2. The second-order valence-electron chi connectivity index (χ2n) is 15.3. The van der Waals surface area contributed by atoms with Crippen molar-refractivity contribution >= 4 is 0 Å². The zero-order valence-corrected chi connectivity index (χ0v) is 38.7. The van der Waals surface area contributed by atoms with Crippen molar-refractivity contribution in [2.75, 3.05) is 13.2 Å². The van der Waals surface area contributed by atoms with Gasteiger partial charge in [-0.25, -0.2) is 13.2 Å². The standard InChI is InChI=1S/2C4H7O.4C4H10O.2C4H9O.2Fe.2Na/c2*1-2-4-5-3-1;6*1-4(2,3)5;;;;/h2*3H,1-2,4H2;4*5H,1-3H3;2*1-3H3;;;;/q2*-1;;;;;2*-1;;;2*+1. The molecule has 0 bridgehead atoms. The quantitative estimate of drug-likeness (QED) is 0.189. The van der Waals surface area contributed by atoms with Crippen LogP contribution in [0, 0.1) is 13.2 Å². The van der Waals surface area contributed by atoms with Gasteiger partial charge in [-0.1, -0.05) is 54.4 Å². The fraction of sp³-hybridized carbons (Fsp3) is 0.938. The number of ether oxygens (including phenoxy) is 2. The summed E-state index contributed by atoms with van der Waals surface area (Å²) < 4.78 is 9.64. The molecule has 0 spiro atoms. The van der Waals surface area contributed by atoms with Gasteiger partial charge in [0.25, 0.3) is 0 Å². The minimum atomic E-state index is -0.750. The van der Waals surface area contributed by atoms with Gasteiger partial charge in [-0.2, -0.15) is 12.8 Å². The summed E-state index contributed by atoms with van der Waals surface area (Å²) in [5.41, 5.74) is -3.50. The Labute approximate surface area is 340 Å². The van der Waals surface area contributed by atoms with Crippen molar-refractivity contribution < 1.29 is 133 Å². The van der Waals surface area contributed by atoms with E-state index in [9.17, 15) is 10.2 Å². The summed E-state index contributed by atoms with van der Waals surface area (Å²) in [6.07, 6.45) is 4.75. The molecule has 0 saturated carbocycles. The Morgan fingerprint density at radius 3 is 0.568 bits per heavy atom. The second kappa shape index (κ2) is 38.5. The van der Waals surface area contributed by atoms with Gasteiger partial charge < -0.3 is 40.1 Å². The third-order valence-electron chi connectivity index (χ3n) is 1.40. The monoisotopic (exact) mass is 742 g/mol. The summed E-state index contributed by atoms with van der Waals surface area (Å²) in [5.74, 6) is 0. The predicted molar refractivity (Wildman–Crippen MR) is 166 cm³/mol. The normalized spacial score (nSPS) is 13.6. The van der Waals surface area contributed by atoms with E-state index in [1.54, 1.807) is 125 Å². The molecule has 44 heavy (non-hydrogen) atoms. The molecule has 2 heterocycles. The zero-order chi connectivity index (χ0) is 34.1. The fourth-order valence-electron chi connectivity index (χ4n) is 0.833. The van der Waals surface area contributed by atoms with E-state index in [0.29, 0.717) is 0 Å². The van der Waals surface area contributed by atoms with Crippen LogP contribution >= 0.6 is 0 Å². The van der Waals surface area contributed by atoms with Gasteiger partial charge in [0.1, 0.15) is 0 Å². The summed E-state index contributed by atoms with van der Waals surface area (Å²) in [6, 6.07) is 0. The second-order valence-corrected chi connectivity index (χ2v) is 15.3. The maximum atomic E-state index is 10.1. The summed E-state index contributed by atoms with van der Waals surface area (Å²) >= 11 is 0. The summed E-state index contributed by atoms with van der Waals surface area (Å²) in [4.78, 5) is 0. The number of rotatable bonds is 0. The largest absolute Gasteiger partial charge is 1.00 e. The molecular formula is C32H72Fe2Na2O8-2. The smallest absolute Gasteiger partial charge is 0.850 e. The van der Waals surface area contributed by atoms with Crippen molar-refractivity contribution in [3.63, 3.8) is 0 Å². The van der Waals surface area contributed by atoms with Crippen LogP contribution in [0.5, 0.6) is 0 Å². The average molecular weight is 743 g/mol. The molecule has 8 nitrogen and oxygen atoms in total. The zero-order valence-electron chi connectivity index (χ0n) is 32.5. The van der Waals surface area contributed by atoms with E-state index in [1.807, 2.05) is 13.2 Å². The van der Waals surface area contributed by atoms with E-state index in [-0.39, 0.29) is 93.3 Å². The van der Waals surface area contributed by atoms with E-state index < -0.39 is 33.6 Å². The molecule has 2 aliphatic heterocycles. The summed E-state index contributed by atoms with van der Waals surface area (Å²) in [7, 11) is 0. The van der Waals surface area contributed by atoms with Crippen LogP contribution in [0.25, 0.3) is 0 Å². The molecule has 0 aromatic carbocycles. The van der Waals surface area contributed by atoms with Gasteiger partial charge >= 0.3 is 59.1 Å². The van der Waals surface area contributed by atoms with Crippen molar-refractivity contribution in [1.82, 2.24) is 0 Å². The Balaban J connectivity index is -0.0000000371. The van der Waals surface area contributed by atoms with Gasteiger partial charge in [0.2, 0.25) is 0 Å². The molecule has 12 heteroatoms. The Morgan fingerprint density at radius 1 is 0.432 bits per heavy atom. The van der Waals surface area contributed by atoms with E-state index in [2.05, 4.69) is 0 Å². The van der Waals surface area contributed by atoms with Crippen molar-refractivity contribution in [2.45, 2.75) is 184 Å². The van der Waals surface area contributed by atoms with Gasteiger partial charge in [0.05, 0.1) is 22.4 Å². The third-order valence-corrected chi connectivity index (χ3v) is 1.40. The van der Waals surface area contributed by atoms with E-state index in [0.717, 1.165) is 26.1 Å². The topological polar surface area (TPSA) is 146 Å². The molecule has 2 saturated heterocycles. The Kier molecular flexibility index (Phi) is 63.4. The van der Waals surface area contributed by atoms with Crippen LogP contribution in [0.4, 0.5) is 0 Å². The first-order chi connectivity index (χ1) is 17.0. The third kappa shape index (κ3) is 528. The van der Waals surface area contributed by atoms with Crippen molar-refractivity contribution in [1.29, 1.82) is 0 Å². The average Bonchev–Trinajstić information content (AvgIpc) is 3.25. The Morgan fingerprint density at radius 2 is 0.545 bits per heavy atom. The minimum absolute atomic E-state index is 0. The molecule has 0 amide bonds. The number of hydrogen-bond donors (Lipinski definition) is 4. The van der Waals surface area contributed by atoms with Gasteiger partial charge in [-0.3, -0.25) is 0 Å². The van der Waals surface area contributed by atoms with Gasteiger partial charge in [0.15, 0.2) is 0 Å². The van der Waals surface area contributed by atoms with Crippen LogP contribution in [-0.4, -0.2) is 67.2 Å². The minimum Gasteiger partial charge on any atom is -0.850 e. The van der Waals surface area contributed by atoms with E-state index in [4.69, 9.17) is 29.9 Å². The maximum Gasteiger partial charge on any atom is 1.00 e. The molecule has 0 atom stereocenters. The molecule has 2 aliphatic rings. The summed E-state index contributed by atoms with van der Waals surface area (Å²) in [6.45, 7) is 36.3.